The molecule has 0 aromatic heterocycles. The molecule has 1 fully saturated rings. The summed E-state index contributed by atoms with van der Waals surface area (Å²) in [6, 6.07) is 8.64. The van der Waals surface area contributed by atoms with Crippen molar-refractivity contribution in [3.05, 3.63) is 35.4 Å². The molecule has 6 heteroatoms. The molecule has 20 heavy (non-hydrogen) atoms. The van der Waals surface area contributed by atoms with Gasteiger partial charge >= 0.3 is 0 Å². The smallest absolute Gasteiger partial charge is 0.215 e. The first kappa shape index (κ1) is 15.0. The van der Waals surface area contributed by atoms with Crippen LogP contribution in [0.15, 0.2) is 24.3 Å². The van der Waals surface area contributed by atoms with Crippen LogP contribution in [-0.4, -0.2) is 28.1 Å². The summed E-state index contributed by atoms with van der Waals surface area (Å²) in [6.45, 7) is 2.50. The van der Waals surface area contributed by atoms with Gasteiger partial charge in [-0.2, -0.15) is 5.26 Å². The summed E-state index contributed by atoms with van der Waals surface area (Å²) in [5.74, 6) is 0.536. The third-order valence-electron chi connectivity index (χ3n) is 3.48. The maximum absolute atomic E-state index is 11.9. The van der Waals surface area contributed by atoms with Crippen LogP contribution in [0.2, 0.25) is 0 Å². The third-order valence-corrected chi connectivity index (χ3v) is 4.83. The number of rotatable bonds is 6. The van der Waals surface area contributed by atoms with E-state index in [1.807, 2.05) is 6.07 Å². The van der Waals surface area contributed by atoms with Gasteiger partial charge in [-0.3, -0.25) is 0 Å². The standard InChI is InChI=1S/C14H19N3O2S/c15-9-12-1-3-14(4-2-12)11-20(18,19)17-8-6-13-5-7-16-10-13/h1-4,13,16-17H,5-8,10-11H2. The Morgan fingerprint density at radius 1 is 1.35 bits per heavy atom. The Hall–Kier alpha value is -1.42. The lowest BCUT2D eigenvalue weighted by atomic mass is 10.1. The van der Waals surface area contributed by atoms with E-state index in [-0.39, 0.29) is 5.75 Å². The molecule has 1 heterocycles. The number of nitrogens with one attached hydrogen (secondary N) is 2. The van der Waals surface area contributed by atoms with E-state index >= 15 is 0 Å². The highest BCUT2D eigenvalue weighted by molar-refractivity contribution is 7.88. The van der Waals surface area contributed by atoms with Gasteiger partial charge in [-0.15, -0.1) is 0 Å². The minimum absolute atomic E-state index is 0.0401. The Balaban J connectivity index is 1.81. The Morgan fingerprint density at radius 2 is 2.10 bits per heavy atom. The van der Waals surface area contributed by atoms with E-state index in [0.29, 0.717) is 23.6 Å². The van der Waals surface area contributed by atoms with E-state index in [9.17, 15) is 8.42 Å². The zero-order valence-corrected chi connectivity index (χ0v) is 12.1. The number of sulfonamides is 1. The van der Waals surface area contributed by atoms with Crippen LogP contribution in [0.5, 0.6) is 0 Å². The molecule has 0 bridgehead atoms. The highest BCUT2D eigenvalue weighted by Crippen LogP contribution is 2.12. The van der Waals surface area contributed by atoms with Crippen LogP contribution in [0.1, 0.15) is 24.0 Å². The predicted octanol–water partition coefficient (Wildman–Crippen LogP) is 0.977. The van der Waals surface area contributed by atoms with E-state index in [1.165, 1.54) is 0 Å². The summed E-state index contributed by atoms with van der Waals surface area (Å²) in [5.41, 5.74) is 1.23. The van der Waals surface area contributed by atoms with Crippen molar-refractivity contribution in [1.82, 2.24) is 10.0 Å². The minimum Gasteiger partial charge on any atom is -0.316 e. The molecule has 1 aromatic carbocycles. The van der Waals surface area contributed by atoms with Gasteiger partial charge in [0.2, 0.25) is 10.0 Å². The van der Waals surface area contributed by atoms with E-state index < -0.39 is 10.0 Å². The van der Waals surface area contributed by atoms with E-state index in [1.54, 1.807) is 24.3 Å². The van der Waals surface area contributed by atoms with Crippen molar-refractivity contribution in [2.45, 2.75) is 18.6 Å². The maximum atomic E-state index is 11.9. The van der Waals surface area contributed by atoms with Gasteiger partial charge in [-0.05, 0) is 49.5 Å². The highest BCUT2D eigenvalue weighted by atomic mass is 32.2. The van der Waals surface area contributed by atoms with Gasteiger partial charge in [-0.1, -0.05) is 12.1 Å². The molecule has 0 aliphatic carbocycles. The number of hydrogen-bond acceptors (Lipinski definition) is 4. The highest BCUT2D eigenvalue weighted by Gasteiger charge is 2.16. The zero-order chi connectivity index (χ0) is 14.4. The van der Waals surface area contributed by atoms with E-state index in [0.717, 1.165) is 25.9 Å². The van der Waals surface area contributed by atoms with Crippen LogP contribution in [0.4, 0.5) is 0 Å². The predicted molar refractivity (Wildman–Crippen MR) is 77.4 cm³/mol. The fraction of sp³-hybridized carbons (Fsp3) is 0.500. The molecular formula is C14H19N3O2S. The number of nitriles is 1. The van der Waals surface area contributed by atoms with Crippen LogP contribution in [0, 0.1) is 17.2 Å². The normalized spacial score (nSPS) is 18.9. The minimum atomic E-state index is -3.30. The quantitative estimate of drug-likeness (QED) is 0.819. The average Bonchev–Trinajstić information content (AvgIpc) is 2.92. The summed E-state index contributed by atoms with van der Waals surface area (Å²) in [4.78, 5) is 0. The Kier molecular flexibility index (Phi) is 5.12. The Labute approximate surface area is 120 Å². The van der Waals surface area contributed by atoms with Crippen LogP contribution < -0.4 is 10.0 Å². The zero-order valence-electron chi connectivity index (χ0n) is 11.3. The molecule has 0 saturated carbocycles. The van der Waals surface area contributed by atoms with Gasteiger partial charge in [-0.25, -0.2) is 13.1 Å². The monoisotopic (exact) mass is 293 g/mol. The average molecular weight is 293 g/mol. The van der Waals surface area contributed by atoms with Crippen LogP contribution in [0.3, 0.4) is 0 Å². The lowest BCUT2D eigenvalue weighted by Crippen LogP contribution is -2.27. The molecule has 108 valence electrons. The summed E-state index contributed by atoms with van der Waals surface area (Å²) < 4.78 is 26.5. The third kappa shape index (κ3) is 4.60. The summed E-state index contributed by atoms with van der Waals surface area (Å²) >= 11 is 0. The fourth-order valence-electron chi connectivity index (χ4n) is 2.33. The second-order valence-electron chi connectivity index (χ2n) is 5.11. The largest absolute Gasteiger partial charge is 0.316 e. The van der Waals surface area contributed by atoms with Gasteiger partial charge in [0.05, 0.1) is 17.4 Å². The second kappa shape index (κ2) is 6.84. The van der Waals surface area contributed by atoms with Gasteiger partial charge in [0.15, 0.2) is 0 Å². The molecule has 0 radical (unpaired) electrons. The molecule has 0 amide bonds. The van der Waals surface area contributed by atoms with Crippen molar-refractivity contribution in [3.63, 3.8) is 0 Å². The molecular weight excluding hydrogens is 274 g/mol. The van der Waals surface area contributed by atoms with Crippen molar-refractivity contribution in [1.29, 1.82) is 5.26 Å². The van der Waals surface area contributed by atoms with E-state index in [2.05, 4.69) is 10.0 Å². The van der Waals surface area contributed by atoms with Gasteiger partial charge in [0.1, 0.15) is 0 Å². The fourth-order valence-corrected chi connectivity index (χ4v) is 3.49. The SMILES string of the molecule is N#Cc1ccc(CS(=O)(=O)NCCC2CCNC2)cc1. The number of benzene rings is 1. The maximum Gasteiger partial charge on any atom is 0.215 e. The molecule has 1 aromatic rings. The first-order valence-corrected chi connectivity index (χ1v) is 8.41. The van der Waals surface area contributed by atoms with Crippen LogP contribution in [-0.2, 0) is 15.8 Å². The number of nitrogens with zero attached hydrogens (tertiary/aromatic N) is 1. The lowest BCUT2D eigenvalue weighted by molar-refractivity contribution is 0.519. The van der Waals surface area contributed by atoms with Crippen molar-refractivity contribution in [3.8, 4) is 6.07 Å². The summed E-state index contributed by atoms with van der Waals surface area (Å²) in [7, 11) is -3.30. The van der Waals surface area contributed by atoms with Gasteiger partial charge in [0, 0.05) is 6.54 Å². The van der Waals surface area contributed by atoms with Gasteiger partial charge < -0.3 is 5.32 Å². The summed E-state index contributed by atoms with van der Waals surface area (Å²) in [5, 5.41) is 12.0. The first-order chi connectivity index (χ1) is 9.59. The Morgan fingerprint density at radius 3 is 2.70 bits per heavy atom. The second-order valence-corrected chi connectivity index (χ2v) is 6.92. The van der Waals surface area contributed by atoms with Crippen molar-refractivity contribution in [2.24, 2.45) is 5.92 Å². The molecule has 1 unspecified atom stereocenters. The van der Waals surface area contributed by atoms with Gasteiger partial charge in [0.25, 0.3) is 0 Å². The molecule has 2 N–H and O–H groups in total. The molecule has 1 atom stereocenters. The van der Waals surface area contributed by atoms with Crippen molar-refractivity contribution < 1.29 is 8.42 Å². The molecule has 5 nitrogen and oxygen atoms in total. The molecule has 0 spiro atoms. The molecule has 1 saturated heterocycles. The van der Waals surface area contributed by atoms with Crippen LogP contribution >= 0.6 is 0 Å². The Bertz CT molecular complexity index is 569. The van der Waals surface area contributed by atoms with E-state index in [4.69, 9.17) is 5.26 Å². The van der Waals surface area contributed by atoms with Crippen molar-refractivity contribution >= 4 is 10.0 Å². The van der Waals surface area contributed by atoms with Crippen molar-refractivity contribution in [2.75, 3.05) is 19.6 Å². The molecule has 2 rings (SSSR count). The summed E-state index contributed by atoms with van der Waals surface area (Å²) in [6.07, 6.45) is 2.00. The van der Waals surface area contributed by atoms with Crippen LogP contribution in [0.25, 0.3) is 0 Å². The molecule has 1 aliphatic heterocycles. The lowest BCUT2D eigenvalue weighted by Gasteiger charge is -2.10. The number of hydrogen-bond donors (Lipinski definition) is 2. The topological polar surface area (TPSA) is 82.0 Å². The molecule has 1 aliphatic rings. The first-order valence-electron chi connectivity index (χ1n) is 6.76.